The molecule has 2 rings (SSSR count). The van der Waals surface area contributed by atoms with Crippen LogP contribution in [0.5, 0.6) is 0 Å². The van der Waals surface area contributed by atoms with Crippen molar-refractivity contribution in [3.8, 4) is 0 Å². The summed E-state index contributed by atoms with van der Waals surface area (Å²) in [5.74, 6) is 5.66. The van der Waals surface area contributed by atoms with Crippen LogP contribution in [0.2, 0.25) is 0 Å². The summed E-state index contributed by atoms with van der Waals surface area (Å²) in [5.41, 5.74) is 5.26. The molecule has 1 amide bonds. The quantitative estimate of drug-likeness (QED) is 0.564. The maximum absolute atomic E-state index is 12.0. The number of carbonyl (C=O) groups excluding carboxylic acids is 1. The van der Waals surface area contributed by atoms with Gasteiger partial charge in [0.05, 0.1) is 0 Å². The van der Waals surface area contributed by atoms with Gasteiger partial charge in [0.1, 0.15) is 0 Å². The van der Waals surface area contributed by atoms with Crippen molar-refractivity contribution in [1.82, 2.24) is 5.32 Å². The SMILES string of the molecule is CC(CCNC(=O)c1ccc(NN)cc1)c1ccccc1. The first-order valence-electron chi connectivity index (χ1n) is 7.10. The molecule has 0 radical (unpaired) electrons. The molecular formula is C17H21N3O. The molecule has 0 aliphatic carbocycles. The summed E-state index contributed by atoms with van der Waals surface area (Å²) in [6.45, 7) is 2.83. The Morgan fingerprint density at radius 2 is 1.76 bits per heavy atom. The fourth-order valence-electron chi connectivity index (χ4n) is 2.17. The van der Waals surface area contributed by atoms with Crippen molar-refractivity contribution in [2.24, 2.45) is 5.84 Å². The van der Waals surface area contributed by atoms with Crippen LogP contribution < -0.4 is 16.6 Å². The number of hydrogen-bond acceptors (Lipinski definition) is 3. The summed E-state index contributed by atoms with van der Waals surface area (Å²) in [7, 11) is 0. The van der Waals surface area contributed by atoms with Gasteiger partial charge in [-0.2, -0.15) is 0 Å². The number of anilines is 1. The number of rotatable bonds is 6. The van der Waals surface area contributed by atoms with Gasteiger partial charge in [-0.1, -0.05) is 37.3 Å². The molecule has 0 fully saturated rings. The van der Waals surface area contributed by atoms with E-state index in [1.54, 1.807) is 24.3 Å². The van der Waals surface area contributed by atoms with E-state index in [9.17, 15) is 4.79 Å². The van der Waals surface area contributed by atoms with Crippen LogP contribution in [0.4, 0.5) is 5.69 Å². The van der Waals surface area contributed by atoms with Crippen LogP contribution >= 0.6 is 0 Å². The third kappa shape index (κ3) is 4.33. The first-order chi connectivity index (χ1) is 10.2. The molecule has 0 saturated heterocycles. The van der Waals surface area contributed by atoms with E-state index in [0.29, 0.717) is 18.0 Å². The van der Waals surface area contributed by atoms with Crippen LogP contribution in [-0.4, -0.2) is 12.5 Å². The van der Waals surface area contributed by atoms with Crippen LogP contribution in [0.25, 0.3) is 0 Å². The molecular weight excluding hydrogens is 262 g/mol. The van der Waals surface area contributed by atoms with Crippen molar-refractivity contribution in [2.45, 2.75) is 19.3 Å². The summed E-state index contributed by atoms with van der Waals surface area (Å²) in [5, 5.41) is 2.95. The van der Waals surface area contributed by atoms with E-state index in [1.165, 1.54) is 5.56 Å². The predicted octanol–water partition coefficient (Wildman–Crippen LogP) is 2.90. The van der Waals surface area contributed by atoms with E-state index in [0.717, 1.165) is 12.1 Å². The lowest BCUT2D eigenvalue weighted by Gasteiger charge is -2.12. The molecule has 4 nitrogen and oxygen atoms in total. The smallest absolute Gasteiger partial charge is 0.251 e. The summed E-state index contributed by atoms with van der Waals surface area (Å²) >= 11 is 0. The van der Waals surface area contributed by atoms with Crippen molar-refractivity contribution >= 4 is 11.6 Å². The summed E-state index contributed by atoms with van der Waals surface area (Å²) < 4.78 is 0. The standard InChI is InChI=1S/C17H21N3O/c1-13(14-5-3-2-4-6-14)11-12-19-17(21)15-7-9-16(20-18)10-8-15/h2-10,13,20H,11-12,18H2,1H3,(H,19,21). The number of nitrogens with two attached hydrogens (primary N) is 1. The third-order valence-electron chi connectivity index (χ3n) is 3.55. The van der Waals surface area contributed by atoms with Gasteiger partial charge in [-0.25, -0.2) is 0 Å². The van der Waals surface area contributed by atoms with E-state index in [2.05, 4.69) is 29.8 Å². The fraction of sp³-hybridized carbons (Fsp3) is 0.235. The highest BCUT2D eigenvalue weighted by Crippen LogP contribution is 2.17. The Labute approximate surface area is 125 Å². The number of hydrazine groups is 1. The lowest BCUT2D eigenvalue weighted by Crippen LogP contribution is -2.25. The van der Waals surface area contributed by atoms with E-state index in [-0.39, 0.29) is 5.91 Å². The first-order valence-corrected chi connectivity index (χ1v) is 7.10. The van der Waals surface area contributed by atoms with Crippen LogP contribution in [0.3, 0.4) is 0 Å². The molecule has 0 aliphatic heterocycles. The Bertz CT molecular complexity index is 566. The van der Waals surface area contributed by atoms with Crippen LogP contribution in [0.15, 0.2) is 54.6 Å². The Kier molecular flexibility index (Phi) is 5.35. The first kappa shape index (κ1) is 15.1. The number of amides is 1. The van der Waals surface area contributed by atoms with Crippen LogP contribution in [-0.2, 0) is 0 Å². The van der Waals surface area contributed by atoms with Crippen molar-refractivity contribution in [2.75, 3.05) is 12.0 Å². The van der Waals surface area contributed by atoms with E-state index < -0.39 is 0 Å². The minimum absolute atomic E-state index is 0.0566. The molecule has 0 aliphatic rings. The topological polar surface area (TPSA) is 67.2 Å². The average Bonchev–Trinajstić information content (AvgIpc) is 2.55. The molecule has 0 aromatic heterocycles. The van der Waals surface area contributed by atoms with Crippen LogP contribution in [0.1, 0.15) is 35.2 Å². The number of hydrogen-bond donors (Lipinski definition) is 3. The Hall–Kier alpha value is -2.33. The average molecular weight is 283 g/mol. The van der Waals surface area contributed by atoms with Gasteiger partial charge < -0.3 is 10.7 Å². The zero-order chi connectivity index (χ0) is 15.1. The number of benzene rings is 2. The second-order valence-electron chi connectivity index (χ2n) is 5.08. The zero-order valence-corrected chi connectivity index (χ0v) is 12.2. The minimum Gasteiger partial charge on any atom is -0.352 e. The summed E-state index contributed by atoms with van der Waals surface area (Å²) in [6.07, 6.45) is 0.915. The lowest BCUT2D eigenvalue weighted by atomic mass is 9.98. The third-order valence-corrected chi connectivity index (χ3v) is 3.55. The highest BCUT2D eigenvalue weighted by Gasteiger charge is 2.07. The normalized spacial score (nSPS) is 11.7. The van der Waals surface area contributed by atoms with E-state index >= 15 is 0 Å². The molecule has 0 saturated carbocycles. The Balaban J connectivity index is 1.81. The van der Waals surface area contributed by atoms with Gasteiger partial charge in [-0.15, -0.1) is 0 Å². The van der Waals surface area contributed by atoms with Crippen molar-refractivity contribution in [1.29, 1.82) is 0 Å². The molecule has 21 heavy (non-hydrogen) atoms. The van der Waals surface area contributed by atoms with E-state index in [4.69, 9.17) is 5.84 Å². The highest BCUT2D eigenvalue weighted by atomic mass is 16.1. The number of nitrogens with one attached hydrogen (secondary N) is 2. The molecule has 0 spiro atoms. The molecule has 1 atom stereocenters. The van der Waals surface area contributed by atoms with Gasteiger partial charge in [0.2, 0.25) is 0 Å². The Morgan fingerprint density at radius 1 is 1.10 bits per heavy atom. The highest BCUT2D eigenvalue weighted by molar-refractivity contribution is 5.94. The summed E-state index contributed by atoms with van der Waals surface area (Å²) in [4.78, 5) is 12.0. The van der Waals surface area contributed by atoms with Crippen molar-refractivity contribution in [3.05, 3.63) is 65.7 Å². The molecule has 110 valence electrons. The summed E-state index contributed by atoms with van der Waals surface area (Å²) in [6, 6.07) is 17.4. The van der Waals surface area contributed by atoms with Gasteiger partial charge in [0, 0.05) is 17.8 Å². The number of nitrogen functional groups attached to an aromatic ring is 1. The molecule has 2 aromatic carbocycles. The van der Waals surface area contributed by atoms with Gasteiger partial charge in [0.25, 0.3) is 5.91 Å². The van der Waals surface area contributed by atoms with Gasteiger partial charge >= 0.3 is 0 Å². The molecule has 2 aromatic rings. The largest absolute Gasteiger partial charge is 0.352 e. The van der Waals surface area contributed by atoms with Gasteiger partial charge in [0.15, 0.2) is 0 Å². The minimum atomic E-state index is -0.0566. The second kappa shape index (κ2) is 7.45. The zero-order valence-electron chi connectivity index (χ0n) is 12.2. The molecule has 4 N–H and O–H groups in total. The molecule has 4 heteroatoms. The number of carbonyl (C=O) groups is 1. The Morgan fingerprint density at radius 3 is 2.38 bits per heavy atom. The van der Waals surface area contributed by atoms with Gasteiger partial charge in [-0.05, 0) is 42.2 Å². The maximum Gasteiger partial charge on any atom is 0.251 e. The molecule has 0 heterocycles. The van der Waals surface area contributed by atoms with E-state index in [1.807, 2.05) is 18.2 Å². The molecule has 1 unspecified atom stereocenters. The lowest BCUT2D eigenvalue weighted by molar-refractivity contribution is 0.0952. The van der Waals surface area contributed by atoms with Gasteiger partial charge in [-0.3, -0.25) is 10.6 Å². The van der Waals surface area contributed by atoms with Crippen LogP contribution in [0, 0.1) is 0 Å². The van der Waals surface area contributed by atoms with Crippen molar-refractivity contribution in [3.63, 3.8) is 0 Å². The maximum atomic E-state index is 12.0. The monoisotopic (exact) mass is 283 g/mol. The fourth-order valence-corrected chi connectivity index (χ4v) is 2.17. The molecule has 0 bridgehead atoms. The second-order valence-corrected chi connectivity index (χ2v) is 5.08. The van der Waals surface area contributed by atoms with Crippen molar-refractivity contribution < 1.29 is 4.79 Å². The predicted molar refractivity (Wildman–Crippen MR) is 86.1 cm³/mol.